The molecule has 14 nitrogen and oxygen atoms in total. The third-order valence-corrected chi connectivity index (χ3v) is 15.4. The monoisotopic (exact) mass is 1050 g/mol. The third kappa shape index (κ3) is 10.8. The Morgan fingerprint density at radius 2 is 0.987 bits per heavy atom. The highest BCUT2D eigenvalue weighted by molar-refractivity contribution is 6.05. The van der Waals surface area contributed by atoms with Crippen LogP contribution in [0.4, 0.5) is 40.3 Å². The highest BCUT2D eigenvalue weighted by atomic mass is 19.3. The Morgan fingerprint density at radius 3 is 1.36 bits per heavy atom. The lowest BCUT2D eigenvalue weighted by Gasteiger charge is -2.52. The molecule has 0 spiro atoms. The maximum Gasteiger partial charge on any atom is 0.286 e. The number of hydrogen-bond donors (Lipinski definition) is 6. The molecule has 4 aromatic carbocycles. The predicted octanol–water partition coefficient (Wildman–Crippen LogP) is 8.31. The lowest BCUT2D eigenvalue weighted by Crippen LogP contribution is -2.61. The Hall–Kier alpha value is -6.80. The minimum absolute atomic E-state index is 0.0991. The first-order valence-corrected chi connectivity index (χ1v) is 25.2. The van der Waals surface area contributed by atoms with E-state index in [2.05, 4.69) is 42.5 Å². The van der Waals surface area contributed by atoms with Gasteiger partial charge in [-0.25, -0.2) is 0 Å². The van der Waals surface area contributed by atoms with E-state index in [0.29, 0.717) is 63.7 Å². The number of fused-ring (bicyclic) bond motifs is 6. The molecular weight excluding hydrogens is 985 g/mol. The molecule has 6 heterocycles. The summed E-state index contributed by atoms with van der Waals surface area (Å²) in [5.74, 6) is -7.29. The van der Waals surface area contributed by atoms with Crippen molar-refractivity contribution in [1.29, 1.82) is 0 Å². The number of anilines is 4. The number of halogens is 4. The Labute approximate surface area is 438 Å². The molecule has 18 heteroatoms. The SMILES string of the molecule is Cc1ccc(NC(=O)c2ccnc(C(C)(F)F)c2)cc1-c1ccc2c(c1)N1CCOC[C@@H]1C(CO)(CO)C2.Cc1ccc(NC(=O)c2ccnc(C(C)(F)F)c2)cc1-c1ccc2c(c1)N1CCOC[C@H]1C(CO)(CO)C2. The van der Waals surface area contributed by atoms with Crippen LogP contribution < -0.4 is 20.4 Å². The zero-order valence-electron chi connectivity index (χ0n) is 42.8. The molecule has 0 saturated carbocycles. The van der Waals surface area contributed by atoms with Gasteiger partial charge in [-0.1, -0.05) is 36.4 Å². The molecule has 0 unspecified atom stereocenters. The van der Waals surface area contributed by atoms with Gasteiger partial charge in [-0.2, -0.15) is 17.6 Å². The first-order valence-electron chi connectivity index (χ1n) is 25.2. The topological polar surface area (TPSA) is 190 Å². The molecule has 4 aliphatic rings. The number of carbonyl (C=O) groups is 2. The molecular formula is C58H62F4N6O8. The van der Waals surface area contributed by atoms with Crippen LogP contribution in [0, 0.1) is 24.7 Å². The standard InChI is InChI=1S/2C29H31F2N3O4/c2*1-18-3-6-22(33-27(37)20-7-8-32-25(12-20)28(2,30)31)13-23(18)19-4-5-21-14-29(16-35,17-36)26-15-38-10-9-34(26)24(21)11-19/h2*3-8,11-13,26,35-36H,9-10,14-17H2,1-2H3,(H,33,37)/t2*26-/m10/s1. The molecule has 0 bridgehead atoms. The van der Waals surface area contributed by atoms with E-state index in [0.717, 1.165) is 81.9 Å². The average Bonchev–Trinajstić information content (AvgIpc) is 3.43. The summed E-state index contributed by atoms with van der Waals surface area (Å²) in [7, 11) is 0. The highest BCUT2D eigenvalue weighted by Gasteiger charge is 2.49. The van der Waals surface area contributed by atoms with Crippen LogP contribution in [0.5, 0.6) is 0 Å². The van der Waals surface area contributed by atoms with E-state index in [-0.39, 0.29) is 49.6 Å². The van der Waals surface area contributed by atoms with Gasteiger partial charge in [0.2, 0.25) is 0 Å². The number of aromatic nitrogens is 2. The van der Waals surface area contributed by atoms with Crippen LogP contribution in [0.3, 0.4) is 0 Å². The van der Waals surface area contributed by atoms with Crippen molar-refractivity contribution >= 4 is 34.6 Å². The van der Waals surface area contributed by atoms with Crippen molar-refractivity contribution < 1.29 is 57.1 Å². The summed E-state index contributed by atoms with van der Waals surface area (Å²) < 4.78 is 66.2. The van der Waals surface area contributed by atoms with Gasteiger partial charge in [0.15, 0.2) is 0 Å². The number of alkyl halides is 4. The molecule has 6 aromatic rings. The second-order valence-electron chi connectivity index (χ2n) is 20.6. The number of nitrogens with one attached hydrogen (secondary N) is 2. The van der Waals surface area contributed by atoms with Crippen LogP contribution in [-0.2, 0) is 34.2 Å². The number of pyridine rings is 2. The van der Waals surface area contributed by atoms with Crippen LogP contribution >= 0.6 is 0 Å². The van der Waals surface area contributed by atoms with Gasteiger partial charge >= 0.3 is 0 Å². The van der Waals surface area contributed by atoms with Gasteiger partial charge in [0.05, 0.1) is 64.9 Å². The molecule has 10 rings (SSSR count). The number of ether oxygens (including phenoxy) is 2. The number of aryl methyl sites for hydroxylation is 2. The summed E-state index contributed by atoms with van der Waals surface area (Å²) in [5, 5.41) is 46.4. The van der Waals surface area contributed by atoms with Crippen LogP contribution in [-0.4, -0.2) is 120 Å². The van der Waals surface area contributed by atoms with Gasteiger partial charge in [-0.3, -0.25) is 19.6 Å². The molecule has 2 aromatic heterocycles. The minimum atomic E-state index is -3.15. The van der Waals surface area contributed by atoms with Gasteiger partial charge in [0, 0.05) is 84.0 Å². The molecule has 2 atom stereocenters. The molecule has 2 amide bonds. The quantitative estimate of drug-likeness (QED) is 0.0645. The number of morpholine rings is 2. The Kier molecular flexibility index (Phi) is 15.4. The number of nitrogens with zero attached hydrogens (tertiary/aromatic N) is 4. The number of aliphatic hydroxyl groups is 4. The van der Waals surface area contributed by atoms with Crippen molar-refractivity contribution in [2.45, 2.75) is 64.5 Å². The van der Waals surface area contributed by atoms with Crippen molar-refractivity contribution in [3.05, 3.63) is 154 Å². The number of benzene rings is 4. The normalized spacial score (nSPS) is 18.5. The van der Waals surface area contributed by atoms with Crippen LogP contribution in [0.1, 0.15) is 68.2 Å². The summed E-state index contributed by atoms with van der Waals surface area (Å²) >= 11 is 0. The molecule has 2 saturated heterocycles. The first kappa shape index (κ1) is 54.0. The van der Waals surface area contributed by atoms with Gasteiger partial charge in [0.1, 0.15) is 11.4 Å². The van der Waals surface area contributed by atoms with Crippen molar-refractivity contribution in [2.75, 3.05) is 86.4 Å². The number of aliphatic hydroxyl groups excluding tert-OH is 4. The second kappa shape index (κ2) is 21.7. The van der Waals surface area contributed by atoms with Crippen LogP contribution in [0.2, 0.25) is 0 Å². The summed E-state index contributed by atoms with van der Waals surface area (Å²) in [6.45, 7) is 8.23. The predicted molar refractivity (Wildman–Crippen MR) is 281 cm³/mol. The summed E-state index contributed by atoms with van der Waals surface area (Å²) in [6.07, 6.45) is 3.49. The fourth-order valence-corrected chi connectivity index (χ4v) is 10.9. The largest absolute Gasteiger partial charge is 0.396 e. The van der Waals surface area contributed by atoms with E-state index in [4.69, 9.17) is 9.47 Å². The Bertz CT molecular complexity index is 2910. The molecule has 0 aliphatic carbocycles. The molecule has 6 N–H and O–H groups in total. The molecule has 0 radical (unpaired) electrons. The van der Waals surface area contributed by atoms with Crippen molar-refractivity contribution in [2.24, 2.45) is 10.8 Å². The first-order chi connectivity index (χ1) is 36.3. The van der Waals surface area contributed by atoms with Crippen LogP contribution in [0.25, 0.3) is 22.3 Å². The van der Waals surface area contributed by atoms with E-state index >= 15 is 0 Å². The lowest BCUT2D eigenvalue weighted by molar-refractivity contribution is -0.0246. The Balaban J connectivity index is 0.000000186. The number of hydrogen-bond acceptors (Lipinski definition) is 12. The molecule has 400 valence electrons. The van der Waals surface area contributed by atoms with E-state index < -0.39 is 45.9 Å². The van der Waals surface area contributed by atoms with E-state index in [1.807, 2.05) is 62.4 Å². The van der Waals surface area contributed by atoms with Gasteiger partial charge in [0.25, 0.3) is 23.7 Å². The Morgan fingerprint density at radius 1 is 0.592 bits per heavy atom. The maximum absolute atomic E-state index is 13.7. The zero-order chi connectivity index (χ0) is 54.2. The maximum atomic E-state index is 13.7. The minimum Gasteiger partial charge on any atom is -0.396 e. The van der Waals surface area contributed by atoms with Gasteiger partial charge < -0.3 is 50.3 Å². The smallest absolute Gasteiger partial charge is 0.286 e. The van der Waals surface area contributed by atoms with E-state index in [1.165, 1.54) is 24.5 Å². The second-order valence-corrected chi connectivity index (χ2v) is 20.6. The number of amides is 2. The van der Waals surface area contributed by atoms with Gasteiger partial charge in [-0.05, 0) is 132 Å². The van der Waals surface area contributed by atoms with Gasteiger partial charge in [-0.15, -0.1) is 0 Å². The van der Waals surface area contributed by atoms with Crippen molar-refractivity contribution in [3.63, 3.8) is 0 Å². The van der Waals surface area contributed by atoms with E-state index in [1.54, 1.807) is 12.1 Å². The molecule has 4 aliphatic heterocycles. The van der Waals surface area contributed by atoms with Crippen molar-refractivity contribution in [3.8, 4) is 22.3 Å². The zero-order valence-corrected chi connectivity index (χ0v) is 42.8. The van der Waals surface area contributed by atoms with E-state index in [9.17, 15) is 47.6 Å². The molecule has 2 fully saturated rings. The number of carbonyl (C=O) groups excluding carboxylic acids is 2. The average molecular weight is 1050 g/mol. The number of rotatable bonds is 12. The fourth-order valence-electron chi connectivity index (χ4n) is 10.9. The van der Waals surface area contributed by atoms with Crippen LogP contribution in [0.15, 0.2) is 109 Å². The fraction of sp³-hybridized carbons (Fsp3) is 0.379. The summed E-state index contributed by atoms with van der Waals surface area (Å²) in [4.78, 5) is 37.5. The molecule has 76 heavy (non-hydrogen) atoms. The summed E-state index contributed by atoms with van der Waals surface area (Å²) in [5.41, 5.74) is 8.99. The third-order valence-electron chi connectivity index (χ3n) is 15.4. The highest BCUT2D eigenvalue weighted by Crippen LogP contribution is 2.46. The van der Waals surface area contributed by atoms with Crippen molar-refractivity contribution in [1.82, 2.24) is 9.97 Å². The summed E-state index contributed by atoms with van der Waals surface area (Å²) in [6, 6.07) is 28.1. The lowest BCUT2D eigenvalue weighted by atomic mass is 9.72.